The third-order valence-electron chi connectivity index (χ3n) is 5.86. The minimum atomic E-state index is -1.58. The number of carbonyl (C=O) groups is 2. The monoisotopic (exact) mass is 476 g/mol. The van der Waals surface area contributed by atoms with E-state index in [1.165, 1.54) is 7.11 Å². The van der Waals surface area contributed by atoms with Crippen LogP contribution in [-0.4, -0.2) is 50.3 Å². The number of fused-ring (bicyclic) bond motifs is 1. The Kier molecular flexibility index (Phi) is 6.61. The van der Waals surface area contributed by atoms with Crippen LogP contribution >= 0.6 is 0 Å². The van der Waals surface area contributed by atoms with Crippen LogP contribution < -0.4 is 0 Å². The van der Waals surface area contributed by atoms with E-state index in [0.29, 0.717) is 16.7 Å². The summed E-state index contributed by atoms with van der Waals surface area (Å²) in [5.74, 6) is -2.74. The number of benzene rings is 3. The first-order chi connectivity index (χ1) is 17.1. The van der Waals surface area contributed by atoms with Gasteiger partial charge in [0.15, 0.2) is 24.6 Å². The largest absolute Gasteiger partial charge is 0.452 e. The maximum absolute atomic E-state index is 13.0. The molecule has 0 bridgehead atoms. The zero-order valence-electron chi connectivity index (χ0n) is 18.9. The van der Waals surface area contributed by atoms with Crippen molar-refractivity contribution in [2.45, 2.75) is 30.6 Å². The van der Waals surface area contributed by atoms with Crippen LogP contribution in [0.1, 0.15) is 26.3 Å². The van der Waals surface area contributed by atoms with Gasteiger partial charge < -0.3 is 23.7 Å². The maximum atomic E-state index is 13.0. The molecule has 0 saturated carbocycles. The van der Waals surface area contributed by atoms with E-state index in [2.05, 4.69) is 0 Å². The Morgan fingerprint density at radius 1 is 0.771 bits per heavy atom. The Morgan fingerprint density at radius 2 is 1.31 bits per heavy atom. The van der Waals surface area contributed by atoms with Gasteiger partial charge in [0, 0.05) is 12.7 Å². The Bertz CT molecular complexity index is 1150. The van der Waals surface area contributed by atoms with Gasteiger partial charge in [0.05, 0.1) is 17.7 Å². The summed E-state index contributed by atoms with van der Waals surface area (Å²) in [7, 11) is 1.45. The Morgan fingerprint density at radius 3 is 1.89 bits per heavy atom. The van der Waals surface area contributed by atoms with E-state index >= 15 is 0 Å². The summed E-state index contributed by atoms with van der Waals surface area (Å²) in [4.78, 5) is 25.8. The molecule has 2 heterocycles. The molecule has 2 saturated heterocycles. The topological polar surface area (TPSA) is 89.5 Å². The first-order valence-corrected chi connectivity index (χ1v) is 11.2. The maximum Gasteiger partial charge on any atom is 0.338 e. The molecular formula is C27H24O8. The molecule has 180 valence electrons. The van der Waals surface area contributed by atoms with E-state index < -0.39 is 42.5 Å². The van der Waals surface area contributed by atoms with Crippen LogP contribution in [0.15, 0.2) is 91.0 Å². The van der Waals surface area contributed by atoms with Crippen LogP contribution in [0.4, 0.5) is 0 Å². The van der Waals surface area contributed by atoms with E-state index in [0.717, 1.165) is 0 Å². The molecule has 8 heteroatoms. The number of hydrogen-bond acceptors (Lipinski definition) is 8. The van der Waals surface area contributed by atoms with E-state index in [4.69, 9.17) is 28.4 Å². The van der Waals surface area contributed by atoms with Crippen molar-refractivity contribution in [3.8, 4) is 0 Å². The van der Waals surface area contributed by atoms with Gasteiger partial charge >= 0.3 is 17.9 Å². The minimum Gasteiger partial charge on any atom is -0.452 e. The van der Waals surface area contributed by atoms with Gasteiger partial charge in [-0.1, -0.05) is 66.7 Å². The van der Waals surface area contributed by atoms with Crippen molar-refractivity contribution in [1.82, 2.24) is 0 Å². The van der Waals surface area contributed by atoms with Gasteiger partial charge in [-0.05, 0) is 24.3 Å². The molecule has 2 fully saturated rings. The van der Waals surface area contributed by atoms with E-state index in [9.17, 15) is 9.59 Å². The molecule has 3 aromatic carbocycles. The molecule has 5 atom stereocenters. The van der Waals surface area contributed by atoms with E-state index in [-0.39, 0.29) is 6.61 Å². The van der Waals surface area contributed by atoms with Crippen LogP contribution in [0.3, 0.4) is 0 Å². The molecule has 0 amide bonds. The molecule has 2 aliphatic rings. The molecule has 8 nitrogen and oxygen atoms in total. The molecule has 0 spiro atoms. The van der Waals surface area contributed by atoms with E-state index in [1.807, 2.05) is 18.2 Å². The quantitative estimate of drug-likeness (QED) is 0.498. The molecule has 0 aliphatic carbocycles. The van der Waals surface area contributed by atoms with Crippen molar-refractivity contribution >= 4 is 11.9 Å². The highest BCUT2D eigenvalue weighted by atomic mass is 16.9. The first-order valence-electron chi connectivity index (χ1n) is 11.2. The number of hydrogen-bond donors (Lipinski definition) is 0. The number of esters is 2. The third-order valence-corrected chi connectivity index (χ3v) is 5.86. The van der Waals surface area contributed by atoms with Gasteiger partial charge in [0.25, 0.3) is 0 Å². The molecule has 0 aromatic heterocycles. The fourth-order valence-corrected chi connectivity index (χ4v) is 4.11. The van der Waals surface area contributed by atoms with Gasteiger partial charge in [0.2, 0.25) is 0 Å². The number of methoxy groups -OCH3 is 1. The lowest BCUT2D eigenvalue weighted by molar-refractivity contribution is -0.354. The van der Waals surface area contributed by atoms with Crippen LogP contribution in [0.5, 0.6) is 0 Å². The van der Waals surface area contributed by atoms with Crippen LogP contribution in [0.25, 0.3) is 0 Å². The number of carbonyl (C=O) groups excluding carboxylic acids is 2. The fraction of sp³-hybridized carbons (Fsp3) is 0.259. The third kappa shape index (κ3) is 4.69. The summed E-state index contributed by atoms with van der Waals surface area (Å²) in [5.41, 5.74) is 1.32. The van der Waals surface area contributed by atoms with Crippen LogP contribution in [-0.2, 0) is 34.4 Å². The van der Waals surface area contributed by atoms with Gasteiger partial charge in [-0.3, -0.25) is 4.74 Å². The number of ether oxygens (including phenoxy) is 6. The van der Waals surface area contributed by atoms with Crippen molar-refractivity contribution < 1.29 is 38.0 Å². The molecule has 35 heavy (non-hydrogen) atoms. The van der Waals surface area contributed by atoms with Crippen LogP contribution in [0.2, 0.25) is 0 Å². The van der Waals surface area contributed by atoms with E-state index in [1.54, 1.807) is 72.8 Å². The highest BCUT2D eigenvalue weighted by Gasteiger charge is 2.59. The Labute approximate surface area is 202 Å². The summed E-state index contributed by atoms with van der Waals surface area (Å²) >= 11 is 0. The highest BCUT2D eigenvalue weighted by Crippen LogP contribution is 2.43. The van der Waals surface area contributed by atoms with Gasteiger partial charge in [-0.2, -0.15) is 0 Å². The average molecular weight is 476 g/mol. The molecule has 0 radical (unpaired) electrons. The van der Waals surface area contributed by atoms with Crippen molar-refractivity contribution in [1.29, 1.82) is 0 Å². The lowest BCUT2D eigenvalue weighted by atomic mass is 10.0. The summed E-state index contributed by atoms with van der Waals surface area (Å²) in [6.45, 7) is -0.0651. The fourth-order valence-electron chi connectivity index (χ4n) is 4.11. The summed E-state index contributed by atoms with van der Waals surface area (Å²) in [5, 5.41) is 0. The average Bonchev–Trinajstić information content (AvgIpc) is 3.32. The normalized spacial score (nSPS) is 27.6. The Balaban J connectivity index is 1.43. The van der Waals surface area contributed by atoms with Crippen molar-refractivity contribution in [2.75, 3.05) is 13.7 Å². The second kappa shape index (κ2) is 9.97. The second-order valence-electron chi connectivity index (χ2n) is 8.07. The van der Waals surface area contributed by atoms with Crippen molar-refractivity contribution in [3.05, 3.63) is 108 Å². The van der Waals surface area contributed by atoms with Gasteiger partial charge in [-0.15, -0.1) is 0 Å². The lowest BCUT2D eigenvalue weighted by Gasteiger charge is -2.36. The highest BCUT2D eigenvalue weighted by molar-refractivity contribution is 5.90. The van der Waals surface area contributed by atoms with Gasteiger partial charge in [0.1, 0.15) is 0 Å². The Hall–Kier alpha value is -3.56. The predicted molar refractivity (Wildman–Crippen MR) is 122 cm³/mol. The second-order valence-corrected chi connectivity index (χ2v) is 8.07. The molecule has 2 aliphatic heterocycles. The molecular weight excluding hydrogens is 452 g/mol. The summed E-state index contributed by atoms with van der Waals surface area (Å²) in [6, 6.07) is 26.2. The lowest BCUT2D eigenvalue weighted by Crippen LogP contribution is -2.55. The zero-order valence-corrected chi connectivity index (χ0v) is 18.9. The molecule has 0 unspecified atom stereocenters. The smallest absolute Gasteiger partial charge is 0.338 e. The molecule has 3 aromatic rings. The minimum absolute atomic E-state index is 0.0651. The molecule has 5 rings (SSSR count). The standard InChI is InChI=1S/C27H24O8/c1-30-27(20-15-9-4-10-16-20)34-23-22(33-25(29)19-13-7-3-8-14-19)21(17-31-26(23)35-27)32-24(28)18-11-5-2-6-12-18/h2-16,21-23,26H,17H2,1H3/t21-,22+,23-,26-,27+/m1/s1. The first kappa shape index (κ1) is 23.2. The van der Waals surface area contributed by atoms with Crippen LogP contribution in [0, 0.1) is 0 Å². The van der Waals surface area contributed by atoms with Gasteiger partial charge in [-0.25, -0.2) is 9.59 Å². The van der Waals surface area contributed by atoms with Crippen molar-refractivity contribution in [3.63, 3.8) is 0 Å². The number of rotatable bonds is 6. The van der Waals surface area contributed by atoms with Crippen molar-refractivity contribution in [2.24, 2.45) is 0 Å². The summed E-state index contributed by atoms with van der Waals surface area (Å²) < 4.78 is 35.3. The molecule has 0 N–H and O–H groups in total. The SMILES string of the molecule is CO[C@]1(c2ccccc2)O[C@H]2OC[C@@H](OC(=O)c3ccccc3)[C@H](OC(=O)c3ccccc3)[C@H]2O1. The summed E-state index contributed by atoms with van der Waals surface area (Å²) in [6.07, 6.45) is -3.81. The predicted octanol–water partition coefficient (Wildman–Crippen LogP) is 3.67. The zero-order chi connectivity index (χ0) is 24.3.